The molecule has 0 aliphatic rings. The molecule has 0 saturated heterocycles. The summed E-state index contributed by atoms with van der Waals surface area (Å²) in [6, 6.07) is 10.5. The van der Waals surface area contributed by atoms with Gasteiger partial charge in [0.15, 0.2) is 0 Å². The molecule has 90 valence electrons. The van der Waals surface area contributed by atoms with E-state index in [9.17, 15) is 0 Å². The van der Waals surface area contributed by atoms with Crippen LogP contribution < -0.4 is 5.32 Å². The van der Waals surface area contributed by atoms with Gasteiger partial charge in [-0.25, -0.2) is 0 Å². The highest BCUT2D eigenvalue weighted by molar-refractivity contribution is 7.10. The Labute approximate surface area is 111 Å². The Bertz CT molecular complexity index is 475. The SMILES string of the molecule is Cc1ccsc1C(C)NCc1ccc(Cl)cc1. The van der Waals surface area contributed by atoms with Crippen LogP contribution in [-0.2, 0) is 6.54 Å². The van der Waals surface area contributed by atoms with Crippen LogP contribution in [0.2, 0.25) is 5.02 Å². The Kier molecular flexibility index (Phi) is 4.21. The standard InChI is InChI=1S/C14H16ClNS/c1-10-7-8-17-14(10)11(2)16-9-12-3-5-13(15)6-4-12/h3-8,11,16H,9H2,1-2H3. The largest absolute Gasteiger partial charge is 0.305 e. The van der Waals surface area contributed by atoms with Crippen LogP contribution in [-0.4, -0.2) is 0 Å². The van der Waals surface area contributed by atoms with E-state index in [2.05, 4.69) is 42.7 Å². The maximum Gasteiger partial charge on any atom is 0.0406 e. The van der Waals surface area contributed by atoms with Gasteiger partial charge in [-0.3, -0.25) is 0 Å². The van der Waals surface area contributed by atoms with E-state index in [0.717, 1.165) is 11.6 Å². The summed E-state index contributed by atoms with van der Waals surface area (Å²) in [5.74, 6) is 0. The molecule has 1 nitrogen and oxygen atoms in total. The van der Waals surface area contributed by atoms with E-state index in [4.69, 9.17) is 11.6 Å². The number of rotatable bonds is 4. The fourth-order valence-electron chi connectivity index (χ4n) is 1.79. The number of hydrogen-bond donors (Lipinski definition) is 1. The Morgan fingerprint density at radius 2 is 1.94 bits per heavy atom. The zero-order valence-corrected chi connectivity index (χ0v) is 11.6. The molecule has 1 atom stereocenters. The van der Waals surface area contributed by atoms with Gasteiger partial charge in [0.2, 0.25) is 0 Å². The van der Waals surface area contributed by atoms with E-state index in [1.165, 1.54) is 16.0 Å². The van der Waals surface area contributed by atoms with Crippen molar-refractivity contribution in [2.45, 2.75) is 26.4 Å². The summed E-state index contributed by atoms with van der Waals surface area (Å²) < 4.78 is 0. The van der Waals surface area contributed by atoms with Gasteiger partial charge in [-0.05, 0) is 48.6 Å². The number of halogens is 1. The Morgan fingerprint density at radius 1 is 1.24 bits per heavy atom. The predicted molar refractivity (Wildman–Crippen MR) is 75.8 cm³/mol. The third kappa shape index (κ3) is 3.32. The molecule has 0 aliphatic heterocycles. The predicted octanol–water partition coefficient (Wildman–Crippen LogP) is 4.56. The molecule has 1 N–H and O–H groups in total. The topological polar surface area (TPSA) is 12.0 Å². The molecular weight excluding hydrogens is 250 g/mol. The quantitative estimate of drug-likeness (QED) is 0.855. The maximum absolute atomic E-state index is 5.86. The first kappa shape index (κ1) is 12.6. The number of aryl methyl sites for hydroxylation is 1. The van der Waals surface area contributed by atoms with Crippen molar-refractivity contribution in [2.75, 3.05) is 0 Å². The lowest BCUT2D eigenvalue weighted by Crippen LogP contribution is -2.17. The lowest BCUT2D eigenvalue weighted by molar-refractivity contribution is 0.581. The molecule has 1 aromatic carbocycles. The van der Waals surface area contributed by atoms with Crippen LogP contribution in [0.5, 0.6) is 0 Å². The second-order valence-corrected chi connectivity index (χ2v) is 5.58. The minimum Gasteiger partial charge on any atom is -0.305 e. The molecule has 0 fully saturated rings. The van der Waals surface area contributed by atoms with Crippen LogP contribution >= 0.6 is 22.9 Å². The van der Waals surface area contributed by atoms with Crippen molar-refractivity contribution >= 4 is 22.9 Å². The average molecular weight is 266 g/mol. The molecule has 2 aromatic rings. The van der Waals surface area contributed by atoms with Gasteiger partial charge in [0, 0.05) is 22.5 Å². The molecule has 17 heavy (non-hydrogen) atoms. The minimum absolute atomic E-state index is 0.394. The molecule has 1 unspecified atom stereocenters. The summed E-state index contributed by atoms with van der Waals surface area (Å²) in [4.78, 5) is 1.42. The molecule has 1 heterocycles. The van der Waals surface area contributed by atoms with Crippen LogP contribution in [0.15, 0.2) is 35.7 Å². The zero-order chi connectivity index (χ0) is 12.3. The lowest BCUT2D eigenvalue weighted by atomic mass is 10.1. The highest BCUT2D eigenvalue weighted by Crippen LogP contribution is 2.23. The van der Waals surface area contributed by atoms with E-state index >= 15 is 0 Å². The third-order valence-corrected chi connectivity index (χ3v) is 4.27. The first-order valence-electron chi connectivity index (χ1n) is 5.68. The van der Waals surface area contributed by atoms with Crippen LogP contribution in [0.25, 0.3) is 0 Å². The first-order valence-corrected chi connectivity index (χ1v) is 6.94. The lowest BCUT2D eigenvalue weighted by Gasteiger charge is -2.13. The van der Waals surface area contributed by atoms with E-state index in [1.54, 1.807) is 0 Å². The van der Waals surface area contributed by atoms with Gasteiger partial charge in [-0.2, -0.15) is 0 Å². The zero-order valence-electron chi connectivity index (χ0n) is 10.0. The van der Waals surface area contributed by atoms with Crippen molar-refractivity contribution in [1.29, 1.82) is 0 Å². The van der Waals surface area contributed by atoms with Crippen LogP contribution in [0.3, 0.4) is 0 Å². The molecule has 2 rings (SSSR count). The third-order valence-electron chi connectivity index (χ3n) is 2.82. The van der Waals surface area contributed by atoms with Gasteiger partial charge < -0.3 is 5.32 Å². The van der Waals surface area contributed by atoms with Crippen molar-refractivity contribution in [3.8, 4) is 0 Å². The summed E-state index contributed by atoms with van der Waals surface area (Å²) >= 11 is 7.67. The summed E-state index contributed by atoms with van der Waals surface area (Å²) in [7, 11) is 0. The fourth-order valence-corrected chi connectivity index (χ4v) is 2.88. The van der Waals surface area contributed by atoms with Crippen LogP contribution in [0, 0.1) is 6.92 Å². The molecule has 0 saturated carbocycles. The van der Waals surface area contributed by atoms with Gasteiger partial charge in [0.1, 0.15) is 0 Å². The smallest absolute Gasteiger partial charge is 0.0406 e. The van der Waals surface area contributed by atoms with Crippen molar-refractivity contribution in [2.24, 2.45) is 0 Å². The highest BCUT2D eigenvalue weighted by atomic mass is 35.5. The molecule has 0 aliphatic carbocycles. The van der Waals surface area contributed by atoms with E-state index in [-0.39, 0.29) is 0 Å². The van der Waals surface area contributed by atoms with E-state index in [1.807, 2.05) is 23.5 Å². The second kappa shape index (κ2) is 5.67. The van der Waals surface area contributed by atoms with Gasteiger partial charge in [-0.15, -0.1) is 11.3 Å². The highest BCUT2D eigenvalue weighted by Gasteiger charge is 2.08. The minimum atomic E-state index is 0.394. The molecule has 0 radical (unpaired) electrons. The summed E-state index contributed by atoms with van der Waals surface area (Å²) in [5.41, 5.74) is 2.63. The van der Waals surface area contributed by atoms with Crippen LogP contribution in [0.4, 0.5) is 0 Å². The van der Waals surface area contributed by atoms with Gasteiger partial charge >= 0.3 is 0 Å². The molecule has 1 aromatic heterocycles. The maximum atomic E-state index is 5.86. The van der Waals surface area contributed by atoms with Crippen LogP contribution in [0.1, 0.15) is 29.0 Å². The van der Waals surface area contributed by atoms with Crippen molar-refractivity contribution in [3.63, 3.8) is 0 Å². The summed E-state index contributed by atoms with van der Waals surface area (Å²) in [6.07, 6.45) is 0. The molecular formula is C14H16ClNS. The van der Waals surface area contributed by atoms with Crippen molar-refractivity contribution < 1.29 is 0 Å². The monoisotopic (exact) mass is 265 g/mol. The number of benzene rings is 1. The van der Waals surface area contributed by atoms with Gasteiger partial charge in [-0.1, -0.05) is 23.7 Å². The Balaban J connectivity index is 1.94. The second-order valence-electron chi connectivity index (χ2n) is 4.20. The van der Waals surface area contributed by atoms with Gasteiger partial charge in [0.05, 0.1) is 0 Å². The van der Waals surface area contributed by atoms with Crippen molar-refractivity contribution in [3.05, 3.63) is 56.7 Å². The number of thiophene rings is 1. The molecule has 3 heteroatoms. The molecule has 0 spiro atoms. The van der Waals surface area contributed by atoms with Crippen molar-refractivity contribution in [1.82, 2.24) is 5.32 Å². The summed E-state index contributed by atoms with van der Waals surface area (Å²) in [6.45, 7) is 5.23. The first-order chi connectivity index (χ1) is 8.16. The molecule has 0 amide bonds. The normalized spacial score (nSPS) is 12.6. The number of hydrogen-bond acceptors (Lipinski definition) is 2. The fraction of sp³-hybridized carbons (Fsp3) is 0.286. The van der Waals surface area contributed by atoms with E-state index < -0.39 is 0 Å². The Hall–Kier alpha value is -0.830. The Morgan fingerprint density at radius 3 is 2.53 bits per heavy atom. The average Bonchev–Trinajstić information content (AvgIpc) is 2.74. The molecule has 0 bridgehead atoms. The van der Waals surface area contributed by atoms with E-state index in [0.29, 0.717) is 6.04 Å². The summed E-state index contributed by atoms with van der Waals surface area (Å²) in [5, 5.41) is 6.46. The number of nitrogens with one attached hydrogen (secondary N) is 1. The van der Waals surface area contributed by atoms with Gasteiger partial charge in [0.25, 0.3) is 0 Å².